The van der Waals surface area contributed by atoms with E-state index in [2.05, 4.69) is 28.7 Å². The zero-order chi connectivity index (χ0) is 13.8. The molecule has 0 aromatic carbocycles. The maximum Gasteiger partial charge on any atom is 0.150 e. The van der Waals surface area contributed by atoms with E-state index in [1.165, 1.54) is 4.88 Å². The molecule has 0 bridgehead atoms. The Morgan fingerprint density at radius 2 is 2.11 bits per heavy atom. The summed E-state index contributed by atoms with van der Waals surface area (Å²) in [5, 5.41) is 6.50. The lowest BCUT2D eigenvalue weighted by Crippen LogP contribution is -2.10. The molecule has 1 N–H and O–H groups in total. The predicted octanol–water partition coefficient (Wildman–Crippen LogP) is 6.06. The molecule has 2 rings (SSSR count). The van der Waals surface area contributed by atoms with Crippen LogP contribution in [-0.2, 0) is 0 Å². The standard InChI is InChI=1S/C13H13Cl3N2S/c1-2-4-10(11-5-3-6-19-11)17-13-9(15)7-8(14)12(16)18-13/h3,5-7,10H,2,4H2,1H3,(H,17,18). The summed E-state index contributed by atoms with van der Waals surface area (Å²) in [7, 11) is 0. The minimum atomic E-state index is 0.187. The molecule has 2 nitrogen and oxygen atoms in total. The summed E-state index contributed by atoms with van der Waals surface area (Å²) in [6, 6.07) is 5.93. The van der Waals surface area contributed by atoms with Gasteiger partial charge < -0.3 is 5.32 Å². The number of pyridine rings is 1. The first-order chi connectivity index (χ1) is 9.11. The van der Waals surface area contributed by atoms with Gasteiger partial charge in [-0.25, -0.2) is 4.98 Å². The summed E-state index contributed by atoms with van der Waals surface area (Å²) >= 11 is 19.7. The molecule has 19 heavy (non-hydrogen) atoms. The van der Waals surface area contributed by atoms with Crippen LogP contribution >= 0.6 is 46.1 Å². The van der Waals surface area contributed by atoms with Gasteiger partial charge in [-0.1, -0.05) is 54.2 Å². The normalized spacial score (nSPS) is 12.4. The number of hydrogen-bond acceptors (Lipinski definition) is 3. The Kier molecular flexibility index (Phi) is 5.34. The number of anilines is 1. The van der Waals surface area contributed by atoms with Crippen molar-refractivity contribution in [2.75, 3.05) is 5.32 Å². The molecule has 0 aliphatic rings. The first-order valence-corrected chi connectivity index (χ1v) is 7.94. The minimum absolute atomic E-state index is 0.187. The maximum atomic E-state index is 6.14. The smallest absolute Gasteiger partial charge is 0.150 e. The highest BCUT2D eigenvalue weighted by Crippen LogP contribution is 2.33. The minimum Gasteiger partial charge on any atom is -0.361 e. The van der Waals surface area contributed by atoms with Crippen molar-refractivity contribution in [3.05, 3.63) is 43.7 Å². The first-order valence-electron chi connectivity index (χ1n) is 5.93. The average molecular weight is 336 g/mol. The van der Waals surface area contributed by atoms with Gasteiger partial charge in [0.2, 0.25) is 0 Å². The number of hydrogen-bond donors (Lipinski definition) is 1. The van der Waals surface area contributed by atoms with E-state index >= 15 is 0 Å². The molecule has 2 heterocycles. The number of halogens is 3. The van der Waals surface area contributed by atoms with Gasteiger partial charge in [0.05, 0.1) is 16.1 Å². The van der Waals surface area contributed by atoms with Gasteiger partial charge in [-0.2, -0.15) is 0 Å². The van der Waals surface area contributed by atoms with Crippen LogP contribution in [0.4, 0.5) is 5.82 Å². The van der Waals surface area contributed by atoms with Crippen LogP contribution in [0, 0.1) is 0 Å². The van der Waals surface area contributed by atoms with E-state index in [0.717, 1.165) is 12.8 Å². The second-order valence-electron chi connectivity index (χ2n) is 4.09. The zero-order valence-electron chi connectivity index (χ0n) is 10.3. The Hall–Kier alpha value is -0.480. The Bertz CT molecular complexity index is 543. The van der Waals surface area contributed by atoms with Crippen LogP contribution in [0.5, 0.6) is 0 Å². The summed E-state index contributed by atoms with van der Waals surface area (Å²) in [4.78, 5) is 5.45. The largest absolute Gasteiger partial charge is 0.361 e. The van der Waals surface area contributed by atoms with E-state index in [1.54, 1.807) is 17.4 Å². The molecular weight excluding hydrogens is 323 g/mol. The van der Waals surface area contributed by atoms with Crippen LogP contribution in [0.3, 0.4) is 0 Å². The summed E-state index contributed by atoms with van der Waals surface area (Å²) in [6.07, 6.45) is 2.06. The fourth-order valence-corrected chi connectivity index (χ4v) is 3.14. The summed E-state index contributed by atoms with van der Waals surface area (Å²) < 4.78 is 0. The van der Waals surface area contributed by atoms with Gasteiger partial charge in [0, 0.05) is 4.88 Å². The molecule has 0 saturated heterocycles. The van der Waals surface area contributed by atoms with Crippen molar-refractivity contribution in [3.8, 4) is 0 Å². The maximum absolute atomic E-state index is 6.14. The van der Waals surface area contributed by atoms with Gasteiger partial charge in [-0.15, -0.1) is 11.3 Å². The van der Waals surface area contributed by atoms with Crippen molar-refractivity contribution in [2.45, 2.75) is 25.8 Å². The van der Waals surface area contributed by atoms with Crippen LogP contribution in [-0.4, -0.2) is 4.98 Å². The first kappa shape index (κ1) is 14.9. The van der Waals surface area contributed by atoms with Crippen LogP contribution in [0.25, 0.3) is 0 Å². The Balaban J connectivity index is 2.24. The summed E-state index contributed by atoms with van der Waals surface area (Å²) in [6.45, 7) is 2.15. The lowest BCUT2D eigenvalue weighted by atomic mass is 10.1. The van der Waals surface area contributed by atoms with E-state index in [9.17, 15) is 0 Å². The molecule has 0 amide bonds. The van der Waals surface area contributed by atoms with Gasteiger partial charge in [-0.05, 0) is 23.9 Å². The zero-order valence-corrected chi connectivity index (χ0v) is 13.4. The molecule has 2 aromatic rings. The van der Waals surface area contributed by atoms with Crippen molar-refractivity contribution in [1.29, 1.82) is 0 Å². The second kappa shape index (κ2) is 6.80. The second-order valence-corrected chi connectivity index (χ2v) is 6.24. The summed E-state index contributed by atoms with van der Waals surface area (Å²) in [5.41, 5.74) is 0. The molecule has 1 atom stereocenters. The third-order valence-electron chi connectivity index (χ3n) is 2.66. The number of nitrogens with one attached hydrogen (secondary N) is 1. The van der Waals surface area contributed by atoms with E-state index in [0.29, 0.717) is 15.9 Å². The van der Waals surface area contributed by atoms with E-state index in [-0.39, 0.29) is 11.2 Å². The van der Waals surface area contributed by atoms with Gasteiger partial charge in [0.1, 0.15) is 11.0 Å². The van der Waals surface area contributed by atoms with Crippen molar-refractivity contribution < 1.29 is 0 Å². The molecule has 0 radical (unpaired) electrons. The third kappa shape index (κ3) is 3.76. The van der Waals surface area contributed by atoms with Crippen LogP contribution in [0.15, 0.2) is 23.6 Å². The molecular formula is C13H13Cl3N2S. The van der Waals surface area contributed by atoms with Gasteiger partial charge in [0.15, 0.2) is 0 Å². The van der Waals surface area contributed by atoms with Gasteiger partial charge in [-0.3, -0.25) is 0 Å². The Morgan fingerprint density at radius 3 is 2.74 bits per heavy atom. The molecule has 0 aliphatic heterocycles. The molecule has 0 spiro atoms. The lowest BCUT2D eigenvalue weighted by Gasteiger charge is -2.18. The Labute approximate surface area is 131 Å². The molecule has 6 heteroatoms. The van der Waals surface area contributed by atoms with E-state index in [4.69, 9.17) is 34.8 Å². The third-order valence-corrected chi connectivity index (χ3v) is 4.61. The van der Waals surface area contributed by atoms with Crippen LogP contribution < -0.4 is 5.32 Å². The van der Waals surface area contributed by atoms with Gasteiger partial charge in [0.25, 0.3) is 0 Å². The SMILES string of the molecule is CCCC(Nc1nc(Cl)c(Cl)cc1Cl)c1cccs1. The predicted molar refractivity (Wildman–Crippen MR) is 84.9 cm³/mol. The molecule has 2 aromatic heterocycles. The topological polar surface area (TPSA) is 24.9 Å². The molecule has 1 unspecified atom stereocenters. The molecule has 102 valence electrons. The van der Waals surface area contributed by atoms with E-state index in [1.807, 2.05) is 6.07 Å². The highest BCUT2D eigenvalue weighted by molar-refractivity contribution is 7.10. The highest BCUT2D eigenvalue weighted by Gasteiger charge is 2.15. The Morgan fingerprint density at radius 1 is 1.32 bits per heavy atom. The monoisotopic (exact) mass is 334 g/mol. The highest BCUT2D eigenvalue weighted by atomic mass is 35.5. The van der Waals surface area contributed by atoms with E-state index < -0.39 is 0 Å². The van der Waals surface area contributed by atoms with Gasteiger partial charge >= 0.3 is 0 Å². The number of thiophene rings is 1. The van der Waals surface area contributed by atoms with Crippen LogP contribution in [0.1, 0.15) is 30.7 Å². The van der Waals surface area contributed by atoms with Crippen molar-refractivity contribution in [1.82, 2.24) is 4.98 Å². The average Bonchev–Trinajstić information content (AvgIpc) is 2.89. The fraction of sp³-hybridized carbons (Fsp3) is 0.308. The lowest BCUT2D eigenvalue weighted by molar-refractivity contribution is 0.685. The fourth-order valence-electron chi connectivity index (χ4n) is 1.77. The molecule has 0 saturated carbocycles. The molecule has 0 fully saturated rings. The van der Waals surface area contributed by atoms with Crippen molar-refractivity contribution in [2.24, 2.45) is 0 Å². The van der Waals surface area contributed by atoms with Crippen molar-refractivity contribution in [3.63, 3.8) is 0 Å². The number of nitrogens with zero attached hydrogens (tertiary/aromatic N) is 1. The van der Waals surface area contributed by atoms with Crippen molar-refractivity contribution >= 4 is 52.0 Å². The molecule has 0 aliphatic carbocycles. The summed E-state index contributed by atoms with van der Waals surface area (Å²) in [5.74, 6) is 0.572. The van der Waals surface area contributed by atoms with Crippen LogP contribution in [0.2, 0.25) is 15.2 Å². The quantitative estimate of drug-likeness (QED) is 0.672. The number of rotatable bonds is 5. The number of aromatic nitrogens is 1.